The molecule has 1 atom stereocenters. The molecule has 0 spiro atoms. The molecule has 25 heavy (non-hydrogen) atoms. The summed E-state index contributed by atoms with van der Waals surface area (Å²) >= 11 is 0. The van der Waals surface area contributed by atoms with Crippen LogP contribution in [0.1, 0.15) is 40.6 Å². The van der Waals surface area contributed by atoms with E-state index < -0.39 is 11.9 Å². The van der Waals surface area contributed by atoms with Crippen LogP contribution in [0.15, 0.2) is 18.3 Å². The molecule has 9 nitrogen and oxygen atoms in total. The summed E-state index contributed by atoms with van der Waals surface area (Å²) < 4.78 is 1.50. The van der Waals surface area contributed by atoms with Gasteiger partial charge in [0, 0.05) is 36.6 Å². The van der Waals surface area contributed by atoms with E-state index in [9.17, 15) is 14.7 Å². The van der Waals surface area contributed by atoms with E-state index in [1.807, 2.05) is 11.0 Å². The number of aromatic nitrogens is 4. The molecule has 2 aromatic rings. The molecular weight excluding hydrogens is 326 g/mol. The van der Waals surface area contributed by atoms with Crippen molar-refractivity contribution in [3.63, 3.8) is 0 Å². The number of hydrogen-bond donors (Lipinski definition) is 2. The van der Waals surface area contributed by atoms with Crippen molar-refractivity contribution in [2.45, 2.75) is 32.2 Å². The van der Waals surface area contributed by atoms with E-state index in [2.05, 4.69) is 15.1 Å². The van der Waals surface area contributed by atoms with E-state index in [4.69, 9.17) is 5.11 Å². The van der Waals surface area contributed by atoms with Crippen LogP contribution in [0, 0.1) is 6.92 Å². The molecule has 1 unspecified atom stereocenters. The minimum Gasteiger partial charge on any atom is -0.480 e. The minimum atomic E-state index is -1.08. The highest BCUT2D eigenvalue weighted by Crippen LogP contribution is 2.28. The first-order valence-electron chi connectivity index (χ1n) is 8.01. The molecule has 0 bridgehead atoms. The standard InChI is InChI=1S/C16H19N5O4/c1-10-7-12(15(24)25)19-16(18-10)20-6-2-3-11(8-20)13-4-5-17-21(13)9-14(22)23/h4-5,7,11H,2-3,6,8-9H2,1H3,(H,22,23)(H,24,25). The fourth-order valence-electron chi connectivity index (χ4n) is 3.15. The normalized spacial score (nSPS) is 17.5. The average molecular weight is 345 g/mol. The van der Waals surface area contributed by atoms with Gasteiger partial charge < -0.3 is 15.1 Å². The first kappa shape index (κ1) is 16.9. The van der Waals surface area contributed by atoms with Crippen molar-refractivity contribution < 1.29 is 19.8 Å². The lowest BCUT2D eigenvalue weighted by Crippen LogP contribution is -2.37. The number of hydrogen-bond acceptors (Lipinski definition) is 6. The molecule has 1 saturated heterocycles. The third-order valence-corrected chi connectivity index (χ3v) is 4.22. The Hall–Kier alpha value is -2.97. The molecular formula is C16H19N5O4. The van der Waals surface area contributed by atoms with Gasteiger partial charge in [-0.3, -0.25) is 9.48 Å². The van der Waals surface area contributed by atoms with E-state index in [0.29, 0.717) is 18.2 Å². The number of carbonyl (C=O) groups is 2. The molecule has 2 N–H and O–H groups in total. The van der Waals surface area contributed by atoms with Crippen molar-refractivity contribution >= 4 is 17.9 Å². The molecule has 0 saturated carbocycles. The van der Waals surface area contributed by atoms with Crippen molar-refractivity contribution in [1.29, 1.82) is 0 Å². The number of rotatable bonds is 5. The number of aromatic carboxylic acids is 1. The number of nitrogens with zero attached hydrogens (tertiary/aromatic N) is 5. The maximum Gasteiger partial charge on any atom is 0.354 e. The fourth-order valence-corrected chi connectivity index (χ4v) is 3.15. The zero-order valence-corrected chi connectivity index (χ0v) is 13.8. The van der Waals surface area contributed by atoms with Crippen LogP contribution in [0.5, 0.6) is 0 Å². The van der Waals surface area contributed by atoms with Gasteiger partial charge in [-0.25, -0.2) is 14.8 Å². The first-order chi connectivity index (χ1) is 11.9. The Balaban J connectivity index is 1.83. The third-order valence-electron chi connectivity index (χ3n) is 4.22. The number of aliphatic carboxylic acids is 1. The van der Waals surface area contributed by atoms with E-state index in [-0.39, 0.29) is 18.2 Å². The number of piperidine rings is 1. The summed E-state index contributed by atoms with van der Waals surface area (Å²) in [5, 5.41) is 22.3. The van der Waals surface area contributed by atoms with Crippen molar-refractivity contribution in [2.75, 3.05) is 18.0 Å². The number of aryl methyl sites for hydroxylation is 1. The Morgan fingerprint density at radius 3 is 2.84 bits per heavy atom. The Kier molecular flexibility index (Phi) is 4.64. The van der Waals surface area contributed by atoms with Crippen LogP contribution in [0.25, 0.3) is 0 Å². The Bertz CT molecular complexity index is 804. The molecule has 132 valence electrons. The van der Waals surface area contributed by atoms with Gasteiger partial charge in [-0.15, -0.1) is 0 Å². The van der Waals surface area contributed by atoms with Crippen LogP contribution < -0.4 is 4.90 Å². The van der Waals surface area contributed by atoms with Gasteiger partial charge in [0.1, 0.15) is 6.54 Å². The maximum absolute atomic E-state index is 11.2. The zero-order valence-electron chi connectivity index (χ0n) is 13.8. The predicted molar refractivity (Wildman–Crippen MR) is 87.8 cm³/mol. The summed E-state index contributed by atoms with van der Waals surface area (Å²) in [6.45, 7) is 2.88. The van der Waals surface area contributed by atoms with Gasteiger partial charge in [0.15, 0.2) is 5.69 Å². The van der Waals surface area contributed by atoms with Crippen molar-refractivity contribution in [1.82, 2.24) is 19.7 Å². The summed E-state index contributed by atoms with van der Waals surface area (Å²) in [6.07, 6.45) is 3.38. The lowest BCUT2D eigenvalue weighted by molar-refractivity contribution is -0.137. The van der Waals surface area contributed by atoms with Gasteiger partial charge in [0.25, 0.3) is 0 Å². The summed E-state index contributed by atoms with van der Waals surface area (Å²) in [6, 6.07) is 3.27. The summed E-state index contributed by atoms with van der Waals surface area (Å²) in [5.74, 6) is -1.54. The lowest BCUT2D eigenvalue weighted by Gasteiger charge is -2.33. The van der Waals surface area contributed by atoms with E-state index >= 15 is 0 Å². The molecule has 1 fully saturated rings. The number of carboxylic acids is 2. The van der Waals surface area contributed by atoms with Crippen LogP contribution in [-0.4, -0.2) is 55.0 Å². The lowest BCUT2D eigenvalue weighted by atomic mass is 9.95. The van der Waals surface area contributed by atoms with Gasteiger partial charge in [-0.1, -0.05) is 0 Å². The molecule has 0 amide bonds. The summed E-state index contributed by atoms with van der Waals surface area (Å²) in [7, 11) is 0. The third kappa shape index (κ3) is 3.76. The van der Waals surface area contributed by atoms with Crippen molar-refractivity contribution in [3.05, 3.63) is 35.4 Å². The van der Waals surface area contributed by atoms with Crippen LogP contribution in [0.3, 0.4) is 0 Å². The largest absolute Gasteiger partial charge is 0.480 e. The molecule has 3 heterocycles. The first-order valence-corrected chi connectivity index (χ1v) is 8.01. The molecule has 0 aromatic carbocycles. The summed E-state index contributed by atoms with van der Waals surface area (Å²) in [4.78, 5) is 32.6. The monoisotopic (exact) mass is 345 g/mol. The molecule has 9 heteroatoms. The maximum atomic E-state index is 11.2. The SMILES string of the molecule is Cc1cc(C(=O)O)nc(N2CCCC(c3ccnn3CC(=O)O)C2)n1. The minimum absolute atomic E-state index is 0.0273. The van der Waals surface area contributed by atoms with Crippen molar-refractivity contribution in [2.24, 2.45) is 0 Å². The van der Waals surface area contributed by atoms with Gasteiger partial charge >= 0.3 is 11.9 Å². The Morgan fingerprint density at radius 2 is 2.12 bits per heavy atom. The second-order valence-electron chi connectivity index (χ2n) is 6.09. The van der Waals surface area contributed by atoms with Crippen LogP contribution in [0.4, 0.5) is 5.95 Å². The van der Waals surface area contributed by atoms with Gasteiger partial charge in [0.2, 0.25) is 5.95 Å². The number of carboxylic acid groups (broad SMARTS) is 2. The Labute approximate surface area is 143 Å². The topological polar surface area (TPSA) is 121 Å². The zero-order chi connectivity index (χ0) is 18.0. The van der Waals surface area contributed by atoms with Gasteiger partial charge in [-0.05, 0) is 31.9 Å². The predicted octanol–water partition coefficient (Wildman–Crippen LogP) is 1.15. The molecule has 2 aromatic heterocycles. The fraction of sp³-hybridized carbons (Fsp3) is 0.438. The summed E-state index contributed by atoms with van der Waals surface area (Å²) in [5.41, 5.74) is 1.43. The van der Waals surface area contributed by atoms with Gasteiger partial charge in [-0.2, -0.15) is 5.10 Å². The quantitative estimate of drug-likeness (QED) is 0.827. The van der Waals surface area contributed by atoms with E-state index in [0.717, 1.165) is 25.1 Å². The number of anilines is 1. The highest BCUT2D eigenvalue weighted by molar-refractivity contribution is 5.85. The van der Waals surface area contributed by atoms with Crippen LogP contribution in [-0.2, 0) is 11.3 Å². The van der Waals surface area contributed by atoms with Crippen LogP contribution in [0.2, 0.25) is 0 Å². The second-order valence-corrected chi connectivity index (χ2v) is 6.09. The van der Waals surface area contributed by atoms with Crippen molar-refractivity contribution in [3.8, 4) is 0 Å². The van der Waals surface area contributed by atoms with Gasteiger partial charge in [0.05, 0.1) is 0 Å². The molecule has 0 radical (unpaired) electrons. The van der Waals surface area contributed by atoms with E-state index in [1.54, 1.807) is 13.1 Å². The highest BCUT2D eigenvalue weighted by atomic mass is 16.4. The van der Waals surface area contributed by atoms with Crippen LogP contribution >= 0.6 is 0 Å². The Morgan fingerprint density at radius 1 is 1.32 bits per heavy atom. The molecule has 3 rings (SSSR count). The molecule has 1 aliphatic heterocycles. The van der Waals surface area contributed by atoms with E-state index in [1.165, 1.54) is 10.7 Å². The molecule has 0 aliphatic carbocycles. The average Bonchev–Trinajstić information content (AvgIpc) is 3.01. The smallest absolute Gasteiger partial charge is 0.354 e. The second kappa shape index (κ2) is 6.88. The molecule has 1 aliphatic rings. The highest BCUT2D eigenvalue weighted by Gasteiger charge is 2.26.